The molecule has 1 heterocycles. The summed E-state index contributed by atoms with van der Waals surface area (Å²) in [5.41, 5.74) is 3.49. The van der Waals surface area contributed by atoms with Crippen molar-refractivity contribution >= 4 is 17.3 Å². The normalized spacial score (nSPS) is 13.1. The van der Waals surface area contributed by atoms with Gasteiger partial charge in [-0.05, 0) is 23.3 Å². The molecule has 3 nitrogen and oxygen atoms in total. The highest BCUT2D eigenvalue weighted by molar-refractivity contribution is 6.31. The van der Waals surface area contributed by atoms with Crippen LogP contribution in [0, 0.1) is 17.1 Å². The quantitative estimate of drug-likeness (QED) is 0.780. The number of halogens is 2. The van der Waals surface area contributed by atoms with E-state index in [1.54, 1.807) is 12.1 Å². The molecule has 0 atom stereocenters. The number of hydrogen-bond acceptors (Lipinski definition) is 3. The van der Waals surface area contributed by atoms with Crippen LogP contribution in [-0.4, -0.2) is 0 Å². The highest BCUT2D eigenvalue weighted by Crippen LogP contribution is 2.31. The largest absolute Gasteiger partial charge is 0.205 e. The smallest absolute Gasteiger partial charge is 0.191 e. The summed E-state index contributed by atoms with van der Waals surface area (Å²) in [6.45, 7) is 0. The molecule has 20 heavy (non-hydrogen) atoms. The van der Waals surface area contributed by atoms with Crippen LogP contribution < -0.4 is 0 Å². The zero-order valence-electron chi connectivity index (χ0n) is 10.1. The number of nitriles is 1. The molecule has 2 aromatic rings. The molecule has 1 aliphatic heterocycles. The van der Waals surface area contributed by atoms with Crippen LogP contribution in [0.15, 0.2) is 58.4 Å². The first-order chi connectivity index (χ1) is 9.69. The highest BCUT2D eigenvalue weighted by Gasteiger charge is 2.15. The first-order valence-electron chi connectivity index (χ1n) is 5.81. The summed E-state index contributed by atoms with van der Waals surface area (Å²) in [5, 5.41) is 16.3. The lowest BCUT2D eigenvalue weighted by atomic mass is 10.0. The van der Waals surface area contributed by atoms with E-state index in [-0.39, 0.29) is 5.02 Å². The minimum atomic E-state index is -0.439. The summed E-state index contributed by atoms with van der Waals surface area (Å²) in [4.78, 5) is 0. The van der Waals surface area contributed by atoms with Crippen LogP contribution in [0.1, 0.15) is 5.56 Å². The van der Waals surface area contributed by atoms with Crippen LogP contribution in [-0.2, 0) is 0 Å². The summed E-state index contributed by atoms with van der Waals surface area (Å²) in [5.74, 6) is -0.439. The third-order valence-electron chi connectivity index (χ3n) is 2.99. The van der Waals surface area contributed by atoms with Gasteiger partial charge < -0.3 is 0 Å². The molecule has 96 valence electrons. The van der Waals surface area contributed by atoms with Gasteiger partial charge in [0.15, 0.2) is 5.70 Å². The SMILES string of the molecule is N#CC1=C(c2ccc(-c3ccc(F)c(Cl)c3)cc2)N=N1. The highest BCUT2D eigenvalue weighted by atomic mass is 35.5. The minimum absolute atomic E-state index is 0.0915. The molecule has 5 heteroatoms. The molecule has 0 N–H and O–H groups in total. The third kappa shape index (κ3) is 2.09. The maximum absolute atomic E-state index is 13.1. The molecule has 0 unspecified atom stereocenters. The van der Waals surface area contributed by atoms with E-state index in [2.05, 4.69) is 10.2 Å². The molecule has 0 spiro atoms. The molecule has 0 aliphatic carbocycles. The standard InChI is InChI=1S/C15H7ClFN3/c16-12-7-11(5-6-13(12)17)9-1-3-10(4-2-9)15-14(8-18)19-20-15/h1-7H. The maximum Gasteiger partial charge on any atom is 0.191 e. The molecular weight excluding hydrogens is 277 g/mol. The van der Waals surface area contributed by atoms with E-state index in [9.17, 15) is 4.39 Å². The van der Waals surface area contributed by atoms with Crippen molar-refractivity contribution in [1.82, 2.24) is 0 Å². The Morgan fingerprint density at radius 3 is 2.15 bits per heavy atom. The Morgan fingerprint density at radius 2 is 1.60 bits per heavy atom. The number of rotatable bonds is 2. The molecule has 0 saturated heterocycles. The van der Waals surface area contributed by atoms with Crippen molar-refractivity contribution in [3.63, 3.8) is 0 Å². The Labute approximate surface area is 119 Å². The van der Waals surface area contributed by atoms with Crippen LogP contribution in [0.2, 0.25) is 5.02 Å². The first kappa shape index (κ1) is 12.5. The van der Waals surface area contributed by atoms with E-state index in [1.807, 2.05) is 30.3 Å². The van der Waals surface area contributed by atoms with E-state index in [1.165, 1.54) is 6.07 Å². The van der Waals surface area contributed by atoms with Gasteiger partial charge in [0.2, 0.25) is 0 Å². The zero-order valence-corrected chi connectivity index (χ0v) is 10.9. The second-order valence-corrected chi connectivity index (χ2v) is 4.62. The number of benzene rings is 2. The first-order valence-corrected chi connectivity index (χ1v) is 6.19. The molecule has 0 aromatic heterocycles. The topological polar surface area (TPSA) is 48.5 Å². The second-order valence-electron chi connectivity index (χ2n) is 4.22. The van der Waals surface area contributed by atoms with Gasteiger partial charge in [-0.1, -0.05) is 41.9 Å². The van der Waals surface area contributed by atoms with Crippen molar-refractivity contribution < 1.29 is 4.39 Å². The molecule has 3 rings (SSSR count). The summed E-state index contributed by atoms with van der Waals surface area (Å²) in [6, 6.07) is 14.0. The Kier molecular flexibility index (Phi) is 3.05. The van der Waals surface area contributed by atoms with Gasteiger partial charge in [0.05, 0.1) is 5.02 Å². The van der Waals surface area contributed by atoms with Gasteiger partial charge in [-0.3, -0.25) is 0 Å². The van der Waals surface area contributed by atoms with Crippen LogP contribution in [0.5, 0.6) is 0 Å². The van der Waals surface area contributed by atoms with Crippen LogP contribution >= 0.6 is 11.6 Å². The Bertz CT molecular complexity index is 786. The molecule has 2 aromatic carbocycles. The minimum Gasteiger partial charge on any atom is -0.205 e. The van der Waals surface area contributed by atoms with Crippen LogP contribution in [0.25, 0.3) is 16.8 Å². The lowest BCUT2D eigenvalue weighted by molar-refractivity contribution is 0.628. The Hall–Kier alpha value is -2.51. The fourth-order valence-corrected chi connectivity index (χ4v) is 2.10. The van der Waals surface area contributed by atoms with E-state index in [0.717, 1.165) is 16.7 Å². The van der Waals surface area contributed by atoms with Gasteiger partial charge >= 0.3 is 0 Å². The maximum atomic E-state index is 13.1. The average molecular weight is 284 g/mol. The molecule has 0 radical (unpaired) electrons. The molecule has 1 aliphatic rings. The fourth-order valence-electron chi connectivity index (χ4n) is 1.92. The predicted octanol–water partition coefficient (Wildman–Crippen LogP) is 4.80. The van der Waals surface area contributed by atoms with Crippen molar-refractivity contribution in [3.8, 4) is 17.2 Å². The second kappa shape index (κ2) is 4.87. The van der Waals surface area contributed by atoms with Gasteiger partial charge in [-0.25, -0.2) is 4.39 Å². The molecule has 0 amide bonds. The number of azo groups is 1. The third-order valence-corrected chi connectivity index (χ3v) is 3.28. The van der Waals surface area contributed by atoms with Crippen LogP contribution in [0.3, 0.4) is 0 Å². The number of hydrogen-bond donors (Lipinski definition) is 0. The summed E-state index contributed by atoms with van der Waals surface area (Å²) < 4.78 is 13.1. The fraction of sp³-hybridized carbons (Fsp3) is 0. The Morgan fingerprint density at radius 1 is 0.950 bits per heavy atom. The van der Waals surface area contributed by atoms with Crippen molar-refractivity contribution in [3.05, 3.63) is 64.6 Å². The van der Waals surface area contributed by atoms with Gasteiger partial charge in [0, 0.05) is 5.56 Å². The monoisotopic (exact) mass is 283 g/mol. The van der Waals surface area contributed by atoms with E-state index in [4.69, 9.17) is 16.9 Å². The summed E-state index contributed by atoms with van der Waals surface area (Å²) in [6.07, 6.45) is 0. The van der Waals surface area contributed by atoms with Gasteiger partial charge in [0.1, 0.15) is 17.6 Å². The Balaban J connectivity index is 1.94. The summed E-state index contributed by atoms with van der Waals surface area (Å²) >= 11 is 5.77. The molecule has 0 bridgehead atoms. The van der Waals surface area contributed by atoms with Crippen molar-refractivity contribution in [2.75, 3.05) is 0 Å². The van der Waals surface area contributed by atoms with Crippen LogP contribution in [0.4, 0.5) is 4.39 Å². The summed E-state index contributed by atoms with van der Waals surface area (Å²) in [7, 11) is 0. The molecular formula is C15H7ClFN3. The number of nitrogens with zero attached hydrogens (tertiary/aromatic N) is 3. The zero-order chi connectivity index (χ0) is 14.1. The van der Waals surface area contributed by atoms with E-state index >= 15 is 0 Å². The average Bonchev–Trinajstić information content (AvgIpc) is 2.42. The van der Waals surface area contributed by atoms with Gasteiger partial charge in [0.25, 0.3) is 0 Å². The molecule has 0 fully saturated rings. The van der Waals surface area contributed by atoms with Gasteiger partial charge in [-0.15, -0.1) is 10.2 Å². The van der Waals surface area contributed by atoms with E-state index in [0.29, 0.717) is 11.4 Å². The van der Waals surface area contributed by atoms with Crippen molar-refractivity contribution in [1.29, 1.82) is 5.26 Å². The van der Waals surface area contributed by atoms with Gasteiger partial charge in [-0.2, -0.15) is 5.26 Å². The predicted molar refractivity (Wildman–Crippen MR) is 74.2 cm³/mol. The molecule has 0 saturated carbocycles. The number of allylic oxidation sites excluding steroid dienone is 1. The van der Waals surface area contributed by atoms with E-state index < -0.39 is 5.82 Å². The van der Waals surface area contributed by atoms with Crippen molar-refractivity contribution in [2.24, 2.45) is 10.2 Å². The van der Waals surface area contributed by atoms with Crippen molar-refractivity contribution in [2.45, 2.75) is 0 Å². The lowest BCUT2D eigenvalue weighted by Crippen LogP contribution is -1.92. The lowest BCUT2D eigenvalue weighted by Gasteiger charge is -2.09.